The van der Waals surface area contributed by atoms with E-state index in [0.717, 1.165) is 24.8 Å². The van der Waals surface area contributed by atoms with Crippen LogP contribution in [0.25, 0.3) is 0 Å². The van der Waals surface area contributed by atoms with Crippen molar-refractivity contribution in [2.24, 2.45) is 11.8 Å². The SMILES string of the molecule is CC#CCCC(NCC)C1CCC(CC)C1. The van der Waals surface area contributed by atoms with Crippen molar-refractivity contribution in [2.75, 3.05) is 6.54 Å². The van der Waals surface area contributed by atoms with Crippen LogP contribution >= 0.6 is 0 Å². The molecule has 1 saturated carbocycles. The highest BCUT2D eigenvalue weighted by molar-refractivity contribution is 4.96. The van der Waals surface area contributed by atoms with E-state index in [0.29, 0.717) is 6.04 Å². The molecule has 1 aliphatic carbocycles. The largest absolute Gasteiger partial charge is 0.314 e. The molecule has 0 aromatic rings. The summed E-state index contributed by atoms with van der Waals surface area (Å²) < 4.78 is 0. The van der Waals surface area contributed by atoms with Crippen LogP contribution in [-0.4, -0.2) is 12.6 Å². The molecule has 1 heteroatoms. The van der Waals surface area contributed by atoms with Crippen molar-refractivity contribution in [3.8, 4) is 11.8 Å². The van der Waals surface area contributed by atoms with Crippen LogP contribution in [0.5, 0.6) is 0 Å². The summed E-state index contributed by atoms with van der Waals surface area (Å²) in [6, 6.07) is 0.711. The predicted octanol–water partition coefficient (Wildman–Crippen LogP) is 3.59. The lowest BCUT2D eigenvalue weighted by molar-refractivity contribution is 0.337. The monoisotopic (exact) mass is 221 g/mol. The van der Waals surface area contributed by atoms with E-state index < -0.39 is 0 Å². The molecule has 1 fully saturated rings. The lowest BCUT2D eigenvalue weighted by Gasteiger charge is -2.24. The molecule has 0 heterocycles. The highest BCUT2D eigenvalue weighted by atomic mass is 14.9. The minimum absolute atomic E-state index is 0.711. The summed E-state index contributed by atoms with van der Waals surface area (Å²) in [6.07, 6.45) is 7.97. The van der Waals surface area contributed by atoms with E-state index in [2.05, 4.69) is 31.0 Å². The van der Waals surface area contributed by atoms with Crippen LogP contribution in [0.1, 0.15) is 59.3 Å². The highest BCUT2D eigenvalue weighted by Gasteiger charge is 2.28. The molecule has 1 nitrogen and oxygen atoms in total. The van der Waals surface area contributed by atoms with E-state index in [1.165, 1.54) is 32.1 Å². The molecule has 0 bridgehead atoms. The van der Waals surface area contributed by atoms with E-state index in [9.17, 15) is 0 Å². The summed E-state index contributed by atoms with van der Waals surface area (Å²) in [5, 5.41) is 3.66. The fraction of sp³-hybridized carbons (Fsp3) is 0.867. The molecular formula is C15H27N. The summed E-state index contributed by atoms with van der Waals surface area (Å²) in [5.74, 6) is 8.09. The zero-order valence-electron chi connectivity index (χ0n) is 11.2. The summed E-state index contributed by atoms with van der Waals surface area (Å²) in [7, 11) is 0. The second-order valence-corrected chi connectivity index (χ2v) is 4.98. The molecule has 0 radical (unpaired) electrons. The van der Waals surface area contributed by atoms with Crippen molar-refractivity contribution in [3.63, 3.8) is 0 Å². The van der Waals surface area contributed by atoms with E-state index in [1.54, 1.807) is 0 Å². The van der Waals surface area contributed by atoms with Gasteiger partial charge < -0.3 is 5.32 Å². The van der Waals surface area contributed by atoms with Gasteiger partial charge in [0, 0.05) is 12.5 Å². The maximum Gasteiger partial charge on any atom is 0.0104 e. The van der Waals surface area contributed by atoms with Gasteiger partial charge in [-0.3, -0.25) is 0 Å². The molecule has 0 aromatic carbocycles. The lowest BCUT2D eigenvalue weighted by Crippen LogP contribution is -2.35. The van der Waals surface area contributed by atoms with Crippen molar-refractivity contribution >= 4 is 0 Å². The van der Waals surface area contributed by atoms with E-state index >= 15 is 0 Å². The standard InChI is InChI=1S/C15H27N/c1-4-7-8-9-15(16-6-3)14-11-10-13(5-2)12-14/h13-16H,5-6,8-12H2,1-3H3. The van der Waals surface area contributed by atoms with E-state index in [1.807, 2.05) is 6.92 Å². The van der Waals surface area contributed by atoms with Crippen molar-refractivity contribution in [1.82, 2.24) is 5.32 Å². The fourth-order valence-electron chi connectivity index (χ4n) is 2.97. The summed E-state index contributed by atoms with van der Waals surface area (Å²) in [6.45, 7) is 7.57. The molecule has 92 valence electrons. The third-order valence-electron chi connectivity index (χ3n) is 3.95. The van der Waals surface area contributed by atoms with Gasteiger partial charge in [0.25, 0.3) is 0 Å². The first-order chi connectivity index (χ1) is 7.81. The fourth-order valence-corrected chi connectivity index (χ4v) is 2.97. The maximum absolute atomic E-state index is 3.66. The molecule has 1 rings (SSSR count). The molecule has 0 saturated heterocycles. The van der Waals surface area contributed by atoms with Crippen LogP contribution in [0.2, 0.25) is 0 Å². The Labute approximate surface area is 101 Å². The molecule has 3 atom stereocenters. The number of hydrogen-bond acceptors (Lipinski definition) is 1. The second-order valence-electron chi connectivity index (χ2n) is 4.98. The van der Waals surface area contributed by atoms with Gasteiger partial charge in [-0.05, 0) is 44.6 Å². The summed E-state index contributed by atoms with van der Waals surface area (Å²) in [4.78, 5) is 0. The van der Waals surface area contributed by atoms with Gasteiger partial charge in [-0.15, -0.1) is 11.8 Å². The molecule has 1 aliphatic rings. The van der Waals surface area contributed by atoms with Crippen molar-refractivity contribution in [3.05, 3.63) is 0 Å². The zero-order valence-corrected chi connectivity index (χ0v) is 11.2. The summed E-state index contributed by atoms with van der Waals surface area (Å²) in [5.41, 5.74) is 0. The van der Waals surface area contributed by atoms with E-state index in [-0.39, 0.29) is 0 Å². The molecule has 16 heavy (non-hydrogen) atoms. The smallest absolute Gasteiger partial charge is 0.0104 e. The van der Waals surface area contributed by atoms with Gasteiger partial charge in [0.15, 0.2) is 0 Å². The first kappa shape index (κ1) is 13.6. The number of hydrogen-bond donors (Lipinski definition) is 1. The molecule has 3 unspecified atom stereocenters. The normalized spacial score (nSPS) is 26.2. The Morgan fingerprint density at radius 3 is 2.69 bits per heavy atom. The third kappa shape index (κ3) is 4.18. The number of nitrogens with one attached hydrogen (secondary N) is 1. The Kier molecular flexibility index (Phi) is 6.57. The van der Waals surface area contributed by atoms with Crippen LogP contribution in [0, 0.1) is 23.7 Å². The molecule has 0 aliphatic heterocycles. The molecule has 0 aromatic heterocycles. The van der Waals surface area contributed by atoms with Crippen LogP contribution in [0.4, 0.5) is 0 Å². The minimum Gasteiger partial charge on any atom is -0.314 e. The first-order valence-electron chi connectivity index (χ1n) is 6.94. The molecular weight excluding hydrogens is 194 g/mol. The maximum atomic E-state index is 3.66. The van der Waals surface area contributed by atoms with Crippen molar-refractivity contribution < 1.29 is 0 Å². The number of rotatable bonds is 6. The Morgan fingerprint density at radius 1 is 1.31 bits per heavy atom. The van der Waals surface area contributed by atoms with Gasteiger partial charge in [-0.25, -0.2) is 0 Å². The molecule has 1 N–H and O–H groups in total. The second kappa shape index (κ2) is 7.74. The Hall–Kier alpha value is -0.480. The van der Waals surface area contributed by atoms with Crippen molar-refractivity contribution in [1.29, 1.82) is 0 Å². The molecule has 0 amide bonds. The van der Waals surface area contributed by atoms with Gasteiger partial charge in [0.05, 0.1) is 0 Å². The predicted molar refractivity (Wildman–Crippen MR) is 71.3 cm³/mol. The third-order valence-corrected chi connectivity index (χ3v) is 3.95. The van der Waals surface area contributed by atoms with Crippen LogP contribution < -0.4 is 5.32 Å². The van der Waals surface area contributed by atoms with Crippen LogP contribution in [-0.2, 0) is 0 Å². The highest BCUT2D eigenvalue weighted by Crippen LogP contribution is 2.35. The average molecular weight is 221 g/mol. The zero-order chi connectivity index (χ0) is 11.8. The van der Waals surface area contributed by atoms with E-state index in [4.69, 9.17) is 0 Å². The lowest BCUT2D eigenvalue weighted by atomic mass is 9.92. The van der Waals surface area contributed by atoms with Crippen LogP contribution in [0.15, 0.2) is 0 Å². The Balaban J connectivity index is 2.39. The Bertz CT molecular complexity index is 236. The Morgan fingerprint density at radius 2 is 2.12 bits per heavy atom. The van der Waals surface area contributed by atoms with Gasteiger partial charge in [-0.1, -0.05) is 26.7 Å². The van der Waals surface area contributed by atoms with Gasteiger partial charge in [0.1, 0.15) is 0 Å². The average Bonchev–Trinajstić information content (AvgIpc) is 2.76. The topological polar surface area (TPSA) is 12.0 Å². The molecule has 0 spiro atoms. The van der Waals surface area contributed by atoms with Crippen LogP contribution in [0.3, 0.4) is 0 Å². The first-order valence-corrected chi connectivity index (χ1v) is 6.94. The minimum atomic E-state index is 0.711. The quantitative estimate of drug-likeness (QED) is 0.676. The summed E-state index contributed by atoms with van der Waals surface area (Å²) >= 11 is 0. The van der Waals surface area contributed by atoms with Gasteiger partial charge in [0.2, 0.25) is 0 Å². The van der Waals surface area contributed by atoms with Gasteiger partial charge in [-0.2, -0.15) is 0 Å². The van der Waals surface area contributed by atoms with Gasteiger partial charge >= 0.3 is 0 Å². The van der Waals surface area contributed by atoms with Crippen molar-refractivity contribution in [2.45, 2.75) is 65.3 Å².